The fourth-order valence-corrected chi connectivity index (χ4v) is 6.77. The maximum atomic E-state index is 12.8. The SMILES string of the molecule is CC/C=C/C=C/C=C/C=C/CCCCCCCC(=O)OC[C@H](CO[C@H]1O[C@H](CS(=O)(=O)O)[C@@H](O)C(O)C1O)OC(=O)CCCCCCCC=C=CCCCCCCC. The molecule has 4 N–H and O–H groups in total. The van der Waals surface area contributed by atoms with Crippen molar-refractivity contribution in [2.24, 2.45) is 0 Å². The molecule has 1 aliphatic heterocycles. The van der Waals surface area contributed by atoms with Gasteiger partial charge in [-0.2, -0.15) is 8.42 Å². The molecule has 0 amide bonds. The minimum absolute atomic E-state index is 0.135. The third-order valence-corrected chi connectivity index (χ3v) is 10.2. The lowest BCUT2D eigenvalue weighted by Gasteiger charge is -2.40. The van der Waals surface area contributed by atoms with Crippen LogP contribution in [0.15, 0.2) is 66.5 Å². The van der Waals surface area contributed by atoms with Gasteiger partial charge in [0.15, 0.2) is 12.4 Å². The van der Waals surface area contributed by atoms with E-state index in [1.807, 2.05) is 36.5 Å². The van der Waals surface area contributed by atoms with Crippen molar-refractivity contribution in [1.82, 2.24) is 0 Å². The number of unbranched alkanes of at least 4 members (excludes halogenated alkanes) is 15. The smallest absolute Gasteiger partial charge is 0.306 e. The number of carbonyl (C=O) groups excluding carboxylic acids is 2. The highest BCUT2D eigenvalue weighted by Gasteiger charge is 2.46. The van der Waals surface area contributed by atoms with Crippen LogP contribution >= 0.6 is 0 Å². The number of hydrogen-bond donors (Lipinski definition) is 4. The standard InChI is InChI=1S/C45H74O12S/c1-3-5-7-9-11-13-15-17-19-21-23-25-27-29-31-33-40(46)54-35-38(36-55-45-44(50)43(49)42(48)39(57-45)37-58(51,52)53)56-41(47)34-32-30-28-26-24-22-20-18-16-14-12-10-8-6-4-2/h5,7,9,11,13,15-17,19-20,38-39,42-45,48-50H,3-4,6,8,10,12,14,21-37H2,1-2H3,(H,51,52,53)/b7-5+,11-9+,15-13+,19-17+/t18?,38-,39-,42-,43?,44?,45+/m1/s1. The summed E-state index contributed by atoms with van der Waals surface area (Å²) in [6.07, 6.45) is 30.5. The van der Waals surface area contributed by atoms with Crippen LogP contribution in [0.3, 0.4) is 0 Å². The molecule has 1 fully saturated rings. The van der Waals surface area contributed by atoms with E-state index in [-0.39, 0.29) is 19.4 Å². The highest BCUT2D eigenvalue weighted by atomic mass is 32.2. The molecule has 0 radical (unpaired) electrons. The maximum absolute atomic E-state index is 12.8. The summed E-state index contributed by atoms with van der Waals surface area (Å²) in [5.74, 6) is -2.05. The van der Waals surface area contributed by atoms with Crippen molar-refractivity contribution in [3.05, 3.63) is 66.5 Å². The molecule has 1 aliphatic rings. The number of allylic oxidation sites excluding steroid dienone is 9. The Morgan fingerprint density at radius 1 is 0.655 bits per heavy atom. The summed E-state index contributed by atoms with van der Waals surface area (Å²) in [4.78, 5) is 25.4. The van der Waals surface area contributed by atoms with E-state index in [2.05, 4.69) is 43.9 Å². The van der Waals surface area contributed by atoms with Crippen LogP contribution in [0.25, 0.3) is 0 Å². The van der Waals surface area contributed by atoms with Crippen LogP contribution < -0.4 is 0 Å². The summed E-state index contributed by atoms with van der Waals surface area (Å²) in [7, 11) is -4.61. The third-order valence-electron chi connectivity index (χ3n) is 9.45. The van der Waals surface area contributed by atoms with Gasteiger partial charge in [0.05, 0.1) is 6.61 Å². The van der Waals surface area contributed by atoms with Crippen molar-refractivity contribution in [1.29, 1.82) is 0 Å². The molecule has 0 aromatic heterocycles. The zero-order valence-electron chi connectivity index (χ0n) is 35.2. The van der Waals surface area contributed by atoms with Gasteiger partial charge in [-0.3, -0.25) is 14.1 Å². The lowest BCUT2D eigenvalue weighted by molar-refractivity contribution is -0.297. The van der Waals surface area contributed by atoms with Crippen LogP contribution in [0.4, 0.5) is 0 Å². The molecule has 0 aliphatic carbocycles. The molecule has 0 spiro atoms. The number of ether oxygens (including phenoxy) is 4. The van der Waals surface area contributed by atoms with E-state index < -0.39 is 71.2 Å². The van der Waals surface area contributed by atoms with E-state index in [9.17, 15) is 37.9 Å². The summed E-state index contributed by atoms with van der Waals surface area (Å²) >= 11 is 0. The second-order valence-corrected chi connectivity index (χ2v) is 16.3. The molecule has 0 bridgehead atoms. The second-order valence-electron chi connectivity index (χ2n) is 14.8. The highest BCUT2D eigenvalue weighted by Crippen LogP contribution is 2.24. The van der Waals surface area contributed by atoms with E-state index in [0.29, 0.717) is 12.8 Å². The lowest BCUT2D eigenvalue weighted by Crippen LogP contribution is -2.60. The van der Waals surface area contributed by atoms with Crippen molar-refractivity contribution in [2.45, 2.75) is 185 Å². The van der Waals surface area contributed by atoms with Crippen LogP contribution in [0.1, 0.15) is 149 Å². The number of esters is 2. The molecule has 332 valence electrons. The Morgan fingerprint density at radius 2 is 1.19 bits per heavy atom. The average Bonchev–Trinajstić information content (AvgIpc) is 3.18. The normalized spacial score (nSPS) is 20.6. The molecule has 0 aromatic carbocycles. The van der Waals surface area contributed by atoms with Gasteiger partial charge in [-0.15, -0.1) is 5.73 Å². The molecule has 0 aromatic rings. The first-order valence-electron chi connectivity index (χ1n) is 21.6. The number of aliphatic hydroxyl groups excluding tert-OH is 3. The van der Waals surface area contributed by atoms with Crippen LogP contribution in [-0.4, -0.2) is 96.0 Å². The largest absolute Gasteiger partial charge is 0.462 e. The summed E-state index contributed by atoms with van der Waals surface area (Å²) in [6.45, 7) is 3.55. The molecular weight excluding hydrogens is 765 g/mol. The van der Waals surface area contributed by atoms with E-state index in [0.717, 1.165) is 77.0 Å². The highest BCUT2D eigenvalue weighted by molar-refractivity contribution is 7.85. The first-order chi connectivity index (χ1) is 28.0. The molecule has 58 heavy (non-hydrogen) atoms. The number of hydrogen-bond acceptors (Lipinski definition) is 11. The van der Waals surface area contributed by atoms with Gasteiger partial charge in [-0.25, -0.2) is 0 Å². The first-order valence-corrected chi connectivity index (χ1v) is 23.2. The molecule has 6 atom stereocenters. The molecule has 12 nitrogen and oxygen atoms in total. The molecule has 1 rings (SSSR count). The van der Waals surface area contributed by atoms with E-state index >= 15 is 0 Å². The van der Waals surface area contributed by atoms with Crippen molar-refractivity contribution in [3.8, 4) is 0 Å². The Hall–Kier alpha value is -2.87. The summed E-state index contributed by atoms with van der Waals surface area (Å²) in [5.41, 5.74) is 3.27. The molecule has 1 heterocycles. The number of rotatable bonds is 34. The zero-order chi connectivity index (χ0) is 42.7. The Labute approximate surface area is 348 Å². The maximum Gasteiger partial charge on any atom is 0.306 e. The topological polar surface area (TPSA) is 186 Å². The van der Waals surface area contributed by atoms with Crippen LogP contribution in [0.5, 0.6) is 0 Å². The monoisotopic (exact) mass is 838 g/mol. The fourth-order valence-electron chi connectivity index (χ4n) is 6.07. The van der Waals surface area contributed by atoms with Crippen LogP contribution in [-0.2, 0) is 38.7 Å². The van der Waals surface area contributed by atoms with Crippen molar-refractivity contribution in [2.75, 3.05) is 19.0 Å². The van der Waals surface area contributed by atoms with Crippen molar-refractivity contribution in [3.63, 3.8) is 0 Å². The fraction of sp³-hybridized carbons (Fsp3) is 0.711. The van der Waals surface area contributed by atoms with Gasteiger partial charge < -0.3 is 34.3 Å². The molecular formula is C45H74O12S. The Balaban J connectivity index is 2.51. The summed E-state index contributed by atoms with van der Waals surface area (Å²) in [5, 5.41) is 30.8. The lowest BCUT2D eigenvalue weighted by atomic mass is 10.00. The number of aliphatic hydroxyl groups is 3. The predicted molar refractivity (Wildman–Crippen MR) is 227 cm³/mol. The second kappa shape index (κ2) is 34.9. The van der Waals surface area contributed by atoms with E-state index in [1.54, 1.807) is 0 Å². The Bertz CT molecular complexity index is 1370. The van der Waals surface area contributed by atoms with Gasteiger partial charge in [0.2, 0.25) is 0 Å². The summed E-state index contributed by atoms with van der Waals surface area (Å²) in [6, 6.07) is 0. The molecule has 1 saturated heterocycles. The third kappa shape index (κ3) is 29.4. The van der Waals surface area contributed by atoms with Gasteiger partial charge in [-0.1, -0.05) is 127 Å². The van der Waals surface area contributed by atoms with Gasteiger partial charge >= 0.3 is 11.9 Å². The van der Waals surface area contributed by atoms with Gasteiger partial charge in [0.1, 0.15) is 36.8 Å². The van der Waals surface area contributed by atoms with Crippen molar-refractivity contribution < 1.29 is 56.8 Å². The van der Waals surface area contributed by atoms with Gasteiger partial charge in [-0.05, 0) is 69.9 Å². The predicted octanol–water partition coefficient (Wildman–Crippen LogP) is 8.32. The average molecular weight is 839 g/mol. The van der Waals surface area contributed by atoms with Gasteiger partial charge in [0.25, 0.3) is 10.1 Å². The van der Waals surface area contributed by atoms with Crippen LogP contribution in [0.2, 0.25) is 0 Å². The zero-order valence-corrected chi connectivity index (χ0v) is 36.0. The van der Waals surface area contributed by atoms with E-state index in [1.165, 1.54) is 32.1 Å². The van der Waals surface area contributed by atoms with Crippen molar-refractivity contribution >= 4 is 22.1 Å². The minimum atomic E-state index is -4.61. The van der Waals surface area contributed by atoms with E-state index in [4.69, 9.17) is 18.9 Å². The summed E-state index contributed by atoms with van der Waals surface area (Å²) < 4.78 is 53.9. The molecule has 2 unspecified atom stereocenters. The number of carbonyl (C=O) groups is 2. The Kier molecular flexibility index (Phi) is 32.0. The minimum Gasteiger partial charge on any atom is -0.462 e. The quantitative estimate of drug-likeness (QED) is 0.0160. The van der Waals surface area contributed by atoms with Crippen LogP contribution in [0, 0.1) is 0 Å². The van der Waals surface area contributed by atoms with Gasteiger partial charge in [0, 0.05) is 12.8 Å². The first kappa shape index (κ1) is 53.1. The molecule has 0 saturated carbocycles. The molecule has 13 heteroatoms. The Morgan fingerprint density at radius 3 is 1.79 bits per heavy atom.